The van der Waals surface area contributed by atoms with Crippen LogP contribution in [0.25, 0.3) is 10.9 Å². The Morgan fingerprint density at radius 3 is 3.00 bits per heavy atom. The van der Waals surface area contributed by atoms with Gasteiger partial charge in [-0.05, 0) is 31.4 Å². The number of methoxy groups -OCH3 is 1. The summed E-state index contributed by atoms with van der Waals surface area (Å²) in [7, 11) is 1.39. The molecule has 6 nitrogen and oxygen atoms in total. The average Bonchev–Trinajstić information content (AvgIpc) is 3.11. The van der Waals surface area contributed by atoms with Gasteiger partial charge in [-0.15, -0.1) is 0 Å². The van der Waals surface area contributed by atoms with Gasteiger partial charge in [-0.1, -0.05) is 18.2 Å². The number of aromatic amines is 1. The Kier molecular flexibility index (Phi) is 3.95. The fourth-order valence-corrected chi connectivity index (χ4v) is 5.52. The summed E-state index contributed by atoms with van der Waals surface area (Å²) in [6, 6.07) is 10.7. The third kappa shape index (κ3) is 2.33. The van der Waals surface area contributed by atoms with E-state index in [0.29, 0.717) is 5.57 Å². The number of hydrogen-bond donors (Lipinski definition) is 1. The molecule has 0 amide bonds. The predicted molar refractivity (Wildman–Crippen MR) is 103 cm³/mol. The van der Waals surface area contributed by atoms with Crippen LogP contribution in [0.2, 0.25) is 0 Å². The van der Waals surface area contributed by atoms with E-state index in [9.17, 15) is 10.1 Å². The lowest BCUT2D eigenvalue weighted by molar-refractivity contribution is -0.139. The number of benzene rings is 1. The molecule has 144 valence electrons. The first-order chi connectivity index (χ1) is 13.6. The van der Waals surface area contributed by atoms with Crippen LogP contribution >= 0.6 is 0 Å². The molecule has 3 aliphatic heterocycles. The van der Waals surface area contributed by atoms with Crippen LogP contribution in [-0.4, -0.2) is 41.7 Å². The van der Waals surface area contributed by atoms with Crippen molar-refractivity contribution in [2.24, 2.45) is 11.8 Å². The van der Waals surface area contributed by atoms with Crippen molar-refractivity contribution >= 4 is 16.9 Å². The molecule has 3 aliphatic rings. The third-order valence-corrected chi connectivity index (χ3v) is 6.77. The van der Waals surface area contributed by atoms with Crippen molar-refractivity contribution < 1.29 is 14.3 Å². The molecule has 0 bridgehead atoms. The lowest BCUT2D eigenvalue weighted by Crippen LogP contribution is -2.57. The molecule has 0 unspecified atom stereocenters. The van der Waals surface area contributed by atoms with Gasteiger partial charge in [0.1, 0.15) is 12.1 Å². The number of carbonyl (C=O) groups is 1. The highest BCUT2D eigenvalue weighted by Crippen LogP contribution is 2.50. The predicted octanol–water partition coefficient (Wildman–Crippen LogP) is 3.07. The maximum absolute atomic E-state index is 12.4. The van der Waals surface area contributed by atoms with E-state index in [1.54, 1.807) is 6.26 Å². The SMILES string of the molecule is COC(=O)C1=CO[C@H](C)[C@H]2[C@@H]1C[C@@H]1c3[nH]c4ccccc4c3CCN1[C@@H]2C#N. The fourth-order valence-electron chi connectivity index (χ4n) is 5.52. The van der Waals surface area contributed by atoms with Crippen LogP contribution in [-0.2, 0) is 20.7 Å². The van der Waals surface area contributed by atoms with Gasteiger partial charge in [0.2, 0.25) is 0 Å². The molecule has 1 N–H and O–H groups in total. The van der Waals surface area contributed by atoms with Crippen LogP contribution in [0.5, 0.6) is 0 Å². The number of aromatic nitrogens is 1. The van der Waals surface area contributed by atoms with Crippen LogP contribution in [0.1, 0.15) is 30.6 Å². The molecule has 4 heterocycles. The highest BCUT2D eigenvalue weighted by molar-refractivity contribution is 5.89. The summed E-state index contributed by atoms with van der Waals surface area (Å²) in [6.45, 7) is 2.83. The minimum atomic E-state index is -0.361. The topological polar surface area (TPSA) is 78.3 Å². The normalized spacial score (nSPS) is 31.6. The number of nitrogens with one attached hydrogen (secondary N) is 1. The Bertz CT molecular complexity index is 1020. The largest absolute Gasteiger partial charge is 0.497 e. The Hall–Kier alpha value is -2.78. The summed E-state index contributed by atoms with van der Waals surface area (Å²) in [5, 5.41) is 11.3. The molecule has 28 heavy (non-hydrogen) atoms. The molecule has 0 aliphatic carbocycles. The van der Waals surface area contributed by atoms with Crippen LogP contribution < -0.4 is 0 Å². The highest BCUT2D eigenvalue weighted by atomic mass is 16.5. The Labute approximate surface area is 163 Å². The lowest BCUT2D eigenvalue weighted by Gasteiger charge is -2.51. The van der Waals surface area contributed by atoms with E-state index in [4.69, 9.17) is 9.47 Å². The van der Waals surface area contributed by atoms with E-state index in [0.717, 1.165) is 24.9 Å². The molecule has 5 rings (SSSR count). The van der Waals surface area contributed by atoms with Gasteiger partial charge < -0.3 is 14.5 Å². The first-order valence-corrected chi connectivity index (χ1v) is 9.82. The monoisotopic (exact) mass is 377 g/mol. The summed E-state index contributed by atoms with van der Waals surface area (Å²) in [4.78, 5) is 18.3. The van der Waals surface area contributed by atoms with Crippen molar-refractivity contribution in [3.05, 3.63) is 47.4 Å². The summed E-state index contributed by atoms with van der Waals surface area (Å²) >= 11 is 0. The second-order valence-corrected chi connectivity index (χ2v) is 7.97. The Morgan fingerprint density at radius 2 is 2.21 bits per heavy atom. The van der Waals surface area contributed by atoms with Crippen molar-refractivity contribution in [3.63, 3.8) is 0 Å². The van der Waals surface area contributed by atoms with E-state index >= 15 is 0 Å². The van der Waals surface area contributed by atoms with E-state index < -0.39 is 0 Å². The van der Waals surface area contributed by atoms with Crippen LogP contribution in [0.3, 0.4) is 0 Å². The number of hydrogen-bond acceptors (Lipinski definition) is 5. The zero-order valence-electron chi connectivity index (χ0n) is 16.0. The molecule has 0 spiro atoms. The number of rotatable bonds is 1. The zero-order valence-corrected chi connectivity index (χ0v) is 16.0. The number of H-pyrrole nitrogens is 1. The zero-order chi connectivity index (χ0) is 19.4. The van der Waals surface area contributed by atoms with Gasteiger partial charge in [0.05, 0.1) is 31.1 Å². The van der Waals surface area contributed by atoms with Crippen LogP contribution in [0.15, 0.2) is 36.1 Å². The van der Waals surface area contributed by atoms with Gasteiger partial charge in [0.15, 0.2) is 0 Å². The number of esters is 1. The first-order valence-electron chi connectivity index (χ1n) is 9.82. The Balaban J connectivity index is 1.62. The van der Waals surface area contributed by atoms with Crippen molar-refractivity contribution in [1.82, 2.24) is 9.88 Å². The number of ether oxygens (including phenoxy) is 2. The van der Waals surface area contributed by atoms with Crippen molar-refractivity contribution in [3.8, 4) is 6.07 Å². The highest BCUT2D eigenvalue weighted by Gasteiger charge is 2.52. The van der Waals surface area contributed by atoms with Crippen molar-refractivity contribution in [1.29, 1.82) is 5.26 Å². The fraction of sp³-hybridized carbons (Fsp3) is 0.455. The van der Waals surface area contributed by atoms with Gasteiger partial charge in [0, 0.05) is 35.0 Å². The van der Waals surface area contributed by atoms with E-state index in [1.165, 1.54) is 23.8 Å². The quantitative estimate of drug-likeness (QED) is 0.773. The minimum absolute atomic E-state index is 0.0497. The number of para-hydroxylation sites is 1. The van der Waals surface area contributed by atoms with Gasteiger partial charge in [-0.25, -0.2) is 4.79 Å². The summed E-state index contributed by atoms with van der Waals surface area (Å²) in [6.07, 6.45) is 3.13. The number of fused-ring (bicyclic) bond motifs is 6. The molecule has 1 aromatic carbocycles. The summed E-state index contributed by atoms with van der Waals surface area (Å²) in [5.41, 5.74) is 4.22. The second kappa shape index (κ2) is 6.39. The average molecular weight is 377 g/mol. The van der Waals surface area contributed by atoms with Gasteiger partial charge in [-0.3, -0.25) is 4.90 Å². The molecule has 1 fully saturated rings. The number of nitriles is 1. The van der Waals surface area contributed by atoms with E-state index in [1.807, 2.05) is 13.0 Å². The molecule has 6 heteroatoms. The molecule has 2 aromatic rings. The van der Waals surface area contributed by atoms with Crippen molar-refractivity contribution in [2.45, 2.75) is 38.0 Å². The smallest absolute Gasteiger partial charge is 0.337 e. The van der Waals surface area contributed by atoms with Gasteiger partial charge in [0.25, 0.3) is 0 Å². The van der Waals surface area contributed by atoms with E-state index in [-0.39, 0.29) is 36.0 Å². The summed E-state index contributed by atoms with van der Waals surface area (Å²) in [5.74, 6) is -0.467. The van der Waals surface area contributed by atoms with Gasteiger partial charge in [-0.2, -0.15) is 5.26 Å². The number of nitrogens with zero attached hydrogens (tertiary/aromatic N) is 2. The first kappa shape index (κ1) is 17.3. The molecule has 1 saturated heterocycles. The molecule has 0 saturated carbocycles. The second-order valence-electron chi connectivity index (χ2n) is 7.97. The molecule has 1 aromatic heterocycles. The van der Waals surface area contributed by atoms with Crippen molar-refractivity contribution in [2.75, 3.05) is 13.7 Å². The Morgan fingerprint density at radius 1 is 1.39 bits per heavy atom. The maximum Gasteiger partial charge on any atom is 0.337 e. The van der Waals surface area contributed by atoms with E-state index in [2.05, 4.69) is 34.2 Å². The minimum Gasteiger partial charge on any atom is -0.497 e. The lowest BCUT2D eigenvalue weighted by atomic mass is 9.68. The van der Waals surface area contributed by atoms with Crippen LogP contribution in [0.4, 0.5) is 0 Å². The van der Waals surface area contributed by atoms with Crippen LogP contribution in [0, 0.1) is 23.2 Å². The molecule has 0 radical (unpaired) electrons. The number of carbonyl (C=O) groups excluding carboxylic acids is 1. The third-order valence-electron chi connectivity index (χ3n) is 6.77. The molecule has 5 atom stereocenters. The molecular weight excluding hydrogens is 354 g/mol. The van der Waals surface area contributed by atoms with Gasteiger partial charge >= 0.3 is 5.97 Å². The standard InChI is InChI=1S/C22H23N3O3/c1-12-20-15(16(11-28-12)22(26)27-2)9-18-21-14(7-8-25(18)19(20)10-23)13-5-3-4-6-17(13)24-21/h3-6,11-12,15,18-20,24H,7-9H2,1-2H3/t12-,15-,18-,19-,20+/m1/s1. The number of piperidine rings is 1. The summed E-state index contributed by atoms with van der Waals surface area (Å²) < 4.78 is 10.8. The molecular formula is C22H23N3O3. The maximum atomic E-state index is 12.4.